The highest BCUT2D eigenvalue weighted by Gasteiger charge is 2.13. The van der Waals surface area contributed by atoms with E-state index in [1.807, 2.05) is 6.07 Å². The lowest BCUT2D eigenvalue weighted by Crippen LogP contribution is -1.91. The molecule has 2 rings (SSSR count). The highest BCUT2D eigenvalue weighted by Crippen LogP contribution is 2.33. The van der Waals surface area contributed by atoms with E-state index >= 15 is 0 Å². The van der Waals surface area contributed by atoms with Gasteiger partial charge >= 0.3 is 0 Å². The average molecular weight is 242 g/mol. The van der Waals surface area contributed by atoms with Crippen molar-refractivity contribution in [1.82, 2.24) is 5.16 Å². The van der Waals surface area contributed by atoms with Gasteiger partial charge in [0.2, 0.25) is 0 Å². The van der Waals surface area contributed by atoms with Crippen LogP contribution in [-0.2, 0) is 6.42 Å². The fraction of sp³-hybridized carbons (Fsp3) is 0.364. The van der Waals surface area contributed by atoms with Crippen LogP contribution in [0, 0.1) is 0 Å². The van der Waals surface area contributed by atoms with Gasteiger partial charge in [-0.3, -0.25) is 0 Å². The summed E-state index contributed by atoms with van der Waals surface area (Å²) in [4.78, 5) is 0. The van der Waals surface area contributed by atoms with E-state index in [-0.39, 0.29) is 0 Å². The molecule has 0 radical (unpaired) electrons. The lowest BCUT2D eigenvalue weighted by molar-refractivity contribution is 0.354. The zero-order valence-electron chi connectivity index (χ0n) is 9.12. The third-order valence-corrected chi connectivity index (χ3v) is 2.57. The van der Waals surface area contributed by atoms with E-state index in [1.165, 1.54) is 0 Å². The molecule has 0 amide bonds. The molecule has 5 heteroatoms. The first-order valence-electron chi connectivity index (χ1n) is 4.86. The van der Waals surface area contributed by atoms with Crippen LogP contribution in [0.25, 0.3) is 11.0 Å². The molecule has 1 aromatic heterocycles. The van der Waals surface area contributed by atoms with E-state index in [0.717, 1.165) is 11.1 Å². The lowest BCUT2D eigenvalue weighted by Gasteiger charge is -2.06. The van der Waals surface area contributed by atoms with E-state index in [9.17, 15) is 0 Å². The van der Waals surface area contributed by atoms with Gasteiger partial charge in [0, 0.05) is 23.8 Å². The minimum Gasteiger partial charge on any atom is -0.493 e. The molecule has 86 valence electrons. The van der Waals surface area contributed by atoms with E-state index in [0.29, 0.717) is 29.4 Å². The normalized spacial score (nSPS) is 10.7. The lowest BCUT2D eigenvalue weighted by atomic mass is 10.1. The van der Waals surface area contributed by atoms with Gasteiger partial charge in [-0.2, -0.15) is 0 Å². The number of halogens is 1. The van der Waals surface area contributed by atoms with E-state index in [2.05, 4.69) is 5.16 Å². The van der Waals surface area contributed by atoms with Gasteiger partial charge < -0.3 is 14.0 Å². The van der Waals surface area contributed by atoms with Crippen molar-refractivity contribution >= 4 is 22.6 Å². The predicted molar refractivity (Wildman–Crippen MR) is 61.5 cm³/mol. The Morgan fingerprint density at radius 1 is 1.25 bits per heavy atom. The van der Waals surface area contributed by atoms with Crippen LogP contribution in [0.1, 0.15) is 5.69 Å². The Morgan fingerprint density at radius 2 is 1.94 bits per heavy atom. The molecule has 1 aromatic carbocycles. The van der Waals surface area contributed by atoms with Gasteiger partial charge in [0.15, 0.2) is 17.1 Å². The summed E-state index contributed by atoms with van der Waals surface area (Å²) in [5, 5.41) is 4.88. The molecule has 0 aliphatic carbocycles. The van der Waals surface area contributed by atoms with Crippen molar-refractivity contribution in [3.63, 3.8) is 0 Å². The zero-order chi connectivity index (χ0) is 11.5. The number of fused-ring (bicyclic) bond motifs is 1. The summed E-state index contributed by atoms with van der Waals surface area (Å²) in [6.45, 7) is 0. The fourth-order valence-corrected chi connectivity index (χ4v) is 1.76. The summed E-state index contributed by atoms with van der Waals surface area (Å²) in [5.41, 5.74) is 1.52. The second-order valence-electron chi connectivity index (χ2n) is 3.27. The number of hydrogen-bond donors (Lipinski definition) is 0. The molecule has 1 heterocycles. The topological polar surface area (TPSA) is 44.5 Å². The van der Waals surface area contributed by atoms with Crippen molar-refractivity contribution < 1.29 is 14.0 Å². The fourth-order valence-electron chi connectivity index (χ4n) is 1.58. The first-order valence-corrected chi connectivity index (χ1v) is 5.40. The largest absolute Gasteiger partial charge is 0.493 e. The molecule has 4 nitrogen and oxygen atoms in total. The molecular formula is C11H12ClNO3. The van der Waals surface area contributed by atoms with Crippen LogP contribution in [0.3, 0.4) is 0 Å². The molecule has 16 heavy (non-hydrogen) atoms. The summed E-state index contributed by atoms with van der Waals surface area (Å²) < 4.78 is 15.6. The van der Waals surface area contributed by atoms with Crippen molar-refractivity contribution in [2.24, 2.45) is 0 Å². The van der Waals surface area contributed by atoms with Crippen molar-refractivity contribution in [3.05, 3.63) is 17.8 Å². The molecule has 0 aliphatic heterocycles. The summed E-state index contributed by atoms with van der Waals surface area (Å²) in [7, 11) is 3.18. The first kappa shape index (κ1) is 11.1. The van der Waals surface area contributed by atoms with Crippen molar-refractivity contribution in [1.29, 1.82) is 0 Å². The molecule has 0 aliphatic rings. The van der Waals surface area contributed by atoms with Crippen LogP contribution in [0.4, 0.5) is 0 Å². The van der Waals surface area contributed by atoms with Crippen LogP contribution in [0.2, 0.25) is 0 Å². The number of nitrogens with zero attached hydrogens (tertiary/aromatic N) is 1. The van der Waals surface area contributed by atoms with Crippen LogP contribution >= 0.6 is 11.6 Å². The standard InChI is InChI=1S/C11H12ClNO3/c1-14-10-5-7-8(3-4-12)13-16-9(7)6-11(10)15-2/h5-6H,3-4H2,1-2H3. The van der Waals surface area contributed by atoms with Crippen LogP contribution in [-0.4, -0.2) is 25.3 Å². The molecule has 0 atom stereocenters. The van der Waals surface area contributed by atoms with Crippen LogP contribution < -0.4 is 9.47 Å². The van der Waals surface area contributed by atoms with Gasteiger partial charge in [-0.05, 0) is 6.07 Å². The van der Waals surface area contributed by atoms with Crippen molar-refractivity contribution in [2.45, 2.75) is 6.42 Å². The van der Waals surface area contributed by atoms with Gasteiger partial charge in [-0.25, -0.2) is 0 Å². The molecule has 0 N–H and O–H groups in total. The number of rotatable bonds is 4. The van der Waals surface area contributed by atoms with E-state index in [4.69, 9.17) is 25.6 Å². The van der Waals surface area contributed by atoms with Gasteiger partial charge in [0.1, 0.15) is 0 Å². The van der Waals surface area contributed by atoms with Crippen molar-refractivity contribution in [3.8, 4) is 11.5 Å². The first-order chi connectivity index (χ1) is 7.80. The summed E-state index contributed by atoms with van der Waals surface area (Å²) in [5.74, 6) is 1.80. The molecule has 0 fully saturated rings. The smallest absolute Gasteiger partial charge is 0.171 e. The number of methoxy groups -OCH3 is 2. The van der Waals surface area contributed by atoms with E-state index in [1.54, 1.807) is 20.3 Å². The van der Waals surface area contributed by atoms with Crippen LogP contribution in [0.15, 0.2) is 16.7 Å². The zero-order valence-corrected chi connectivity index (χ0v) is 9.87. The Labute approximate surface area is 98.1 Å². The number of ether oxygens (including phenoxy) is 2. The molecule has 0 spiro atoms. The summed E-state index contributed by atoms with van der Waals surface area (Å²) >= 11 is 5.69. The Morgan fingerprint density at radius 3 is 2.56 bits per heavy atom. The summed E-state index contributed by atoms with van der Waals surface area (Å²) in [6, 6.07) is 3.62. The second kappa shape index (κ2) is 4.61. The van der Waals surface area contributed by atoms with Crippen molar-refractivity contribution in [2.75, 3.05) is 20.1 Å². The third kappa shape index (κ3) is 1.80. The summed E-state index contributed by atoms with van der Waals surface area (Å²) in [6.07, 6.45) is 0.671. The highest BCUT2D eigenvalue weighted by molar-refractivity contribution is 6.18. The third-order valence-electron chi connectivity index (χ3n) is 2.38. The predicted octanol–water partition coefficient (Wildman–Crippen LogP) is 2.63. The minimum absolute atomic E-state index is 0.510. The number of aromatic nitrogens is 1. The van der Waals surface area contributed by atoms with E-state index < -0.39 is 0 Å². The number of hydrogen-bond acceptors (Lipinski definition) is 4. The molecular weight excluding hydrogens is 230 g/mol. The van der Waals surface area contributed by atoms with Gasteiger partial charge in [0.25, 0.3) is 0 Å². The Balaban J connectivity index is 2.57. The van der Waals surface area contributed by atoms with Gasteiger partial charge in [0.05, 0.1) is 19.9 Å². The monoisotopic (exact) mass is 241 g/mol. The maximum Gasteiger partial charge on any atom is 0.171 e. The number of aryl methyl sites for hydroxylation is 1. The quantitative estimate of drug-likeness (QED) is 0.772. The highest BCUT2D eigenvalue weighted by atomic mass is 35.5. The van der Waals surface area contributed by atoms with Gasteiger partial charge in [-0.1, -0.05) is 5.16 Å². The maximum atomic E-state index is 5.69. The Hall–Kier alpha value is -1.42. The van der Waals surface area contributed by atoms with Crippen LogP contribution in [0.5, 0.6) is 11.5 Å². The maximum absolute atomic E-state index is 5.69. The molecule has 0 bridgehead atoms. The SMILES string of the molecule is COc1cc2onc(CCCl)c2cc1OC. The molecule has 0 unspecified atom stereocenters. The van der Waals surface area contributed by atoms with Gasteiger partial charge in [-0.15, -0.1) is 11.6 Å². The Kier molecular flexibility index (Phi) is 3.19. The second-order valence-corrected chi connectivity index (χ2v) is 3.65. The molecule has 0 saturated heterocycles. The number of alkyl halides is 1. The molecule has 0 saturated carbocycles. The molecule has 2 aromatic rings. The Bertz CT molecular complexity index is 495. The minimum atomic E-state index is 0.510. The number of benzene rings is 1. The average Bonchev–Trinajstić information content (AvgIpc) is 2.70.